The highest BCUT2D eigenvalue weighted by molar-refractivity contribution is 4.87. The summed E-state index contributed by atoms with van der Waals surface area (Å²) in [6.07, 6.45) is 6.90. The first kappa shape index (κ1) is 13.3. The van der Waals surface area contributed by atoms with Crippen molar-refractivity contribution < 1.29 is 9.84 Å². The molecule has 3 nitrogen and oxygen atoms in total. The molecule has 2 aliphatic rings. The molecule has 0 aromatic rings. The second-order valence-corrected chi connectivity index (χ2v) is 5.73. The van der Waals surface area contributed by atoms with Crippen LogP contribution in [-0.2, 0) is 4.74 Å². The highest BCUT2D eigenvalue weighted by Gasteiger charge is 2.34. The summed E-state index contributed by atoms with van der Waals surface area (Å²) in [7, 11) is 0. The summed E-state index contributed by atoms with van der Waals surface area (Å²) >= 11 is 0. The monoisotopic (exact) mass is 241 g/mol. The molecule has 2 fully saturated rings. The predicted molar refractivity (Wildman–Crippen MR) is 69.0 cm³/mol. The van der Waals surface area contributed by atoms with E-state index in [1.165, 1.54) is 25.7 Å². The normalized spacial score (nSPS) is 40.4. The first-order valence-electron chi connectivity index (χ1n) is 7.25. The fraction of sp³-hybridized carbons (Fsp3) is 1.00. The van der Waals surface area contributed by atoms with Gasteiger partial charge < -0.3 is 9.84 Å². The summed E-state index contributed by atoms with van der Waals surface area (Å²) in [6.45, 7) is 6.82. The number of nitrogens with zero attached hydrogens (tertiary/aromatic N) is 1. The molecule has 0 aromatic heterocycles. The van der Waals surface area contributed by atoms with Crippen LogP contribution in [-0.4, -0.2) is 48.0 Å². The Hall–Kier alpha value is -0.120. The maximum atomic E-state index is 9.52. The number of morpholine rings is 1. The quantitative estimate of drug-likeness (QED) is 0.820. The molecule has 0 spiro atoms. The standard InChI is InChI=1S/C14H27NO2/c1-3-13-9-15(8-11(2)17-13)14-7-5-4-6-12(14)10-16/h11-14,16H,3-10H2,1-2H3. The molecule has 100 valence electrons. The molecule has 0 radical (unpaired) electrons. The first-order chi connectivity index (χ1) is 8.24. The molecule has 0 aromatic carbocycles. The number of rotatable bonds is 3. The van der Waals surface area contributed by atoms with E-state index in [0.29, 0.717) is 30.8 Å². The third-order valence-electron chi connectivity index (χ3n) is 4.38. The van der Waals surface area contributed by atoms with Crippen LogP contribution in [0.15, 0.2) is 0 Å². The summed E-state index contributed by atoms with van der Waals surface area (Å²) in [5.41, 5.74) is 0. The third kappa shape index (κ3) is 3.21. The third-order valence-corrected chi connectivity index (χ3v) is 4.38. The second kappa shape index (κ2) is 6.17. The van der Waals surface area contributed by atoms with Crippen LogP contribution in [0.5, 0.6) is 0 Å². The van der Waals surface area contributed by atoms with E-state index in [9.17, 15) is 5.11 Å². The lowest BCUT2D eigenvalue weighted by molar-refractivity contribution is -0.102. The first-order valence-corrected chi connectivity index (χ1v) is 7.25. The number of hydrogen-bond acceptors (Lipinski definition) is 3. The van der Waals surface area contributed by atoms with Crippen LogP contribution in [0.4, 0.5) is 0 Å². The van der Waals surface area contributed by atoms with Crippen molar-refractivity contribution in [3.63, 3.8) is 0 Å². The van der Waals surface area contributed by atoms with E-state index in [2.05, 4.69) is 18.7 Å². The van der Waals surface area contributed by atoms with Crippen molar-refractivity contribution in [2.75, 3.05) is 19.7 Å². The smallest absolute Gasteiger partial charge is 0.0703 e. The van der Waals surface area contributed by atoms with Gasteiger partial charge in [-0.1, -0.05) is 19.8 Å². The van der Waals surface area contributed by atoms with Gasteiger partial charge in [-0.2, -0.15) is 0 Å². The van der Waals surface area contributed by atoms with Crippen molar-refractivity contribution in [2.24, 2.45) is 5.92 Å². The molecule has 1 saturated carbocycles. The molecule has 17 heavy (non-hydrogen) atoms. The Morgan fingerprint density at radius 1 is 1.24 bits per heavy atom. The van der Waals surface area contributed by atoms with Gasteiger partial charge in [0.15, 0.2) is 0 Å². The Morgan fingerprint density at radius 3 is 2.71 bits per heavy atom. The van der Waals surface area contributed by atoms with Crippen molar-refractivity contribution in [3.8, 4) is 0 Å². The number of hydrogen-bond donors (Lipinski definition) is 1. The van der Waals surface area contributed by atoms with Crippen LogP contribution in [0.1, 0.15) is 46.0 Å². The zero-order chi connectivity index (χ0) is 12.3. The van der Waals surface area contributed by atoms with Crippen LogP contribution in [0, 0.1) is 5.92 Å². The minimum absolute atomic E-state index is 0.343. The van der Waals surface area contributed by atoms with Gasteiger partial charge >= 0.3 is 0 Å². The molecule has 3 heteroatoms. The van der Waals surface area contributed by atoms with Crippen LogP contribution in [0.3, 0.4) is 0 Å². The molecule has 1 heterocycles. The van der Waals surface area contributed by atoms with Gasteiger partial charge in [0, 0.05) is 25.7 Å². The van der Waals surface area contributed by atoms with Crippen molar-refractivity contribution in [1.29, 1.82) is 0 Å². The molecule has 1 aliphatic carbocycles. The predicted octanol–water partition coefficient (Wildman–Crippen LogP) is 2.04. The van der Waals surface area contributed by atoms with E-state index in [1.54, 1.807) is 0 Å². The Labute approximate surface area is 105 Å². The molecule has 4 unspecified atom stereocenters. The number of aliphatic hydroxyl groups is 1. The Morgan fingerprint density at radius 2 is 2.00 bits per heavy atom. The van der Waals surface area contributed by atoms with Crippen molar-refractivity contribution in [3.05, 3.63) is 0 Å². The lowest BCUT2D eigenvalue weighted by Gasteiger charge is -2.45. The molecular formula is C14H27NO2. The van der Waals surface area contributed by atoms with E-state index in [0.717, 1.165) is 19.5 Å². The zero-order valence-corrected chi connectivity index (χ0v) is 11.3. The van der Waals surface area contributed by atoms with Crippen molar-refractivity contribution >= 4 is 0 Å². The lowest BCUT2D eigenvalue weighted by Crippen LogP contribution is -2.54. The van der Waals surface area contributed by atoms with Gasteiger partial charge in [-0.05, 0) is 32.1 Å². The van der Waals surface area contributed by atoms with E-state index in [-0.39, 0.29) is 0 Å². The molecule has 1 N–H and O–H groups in total. The van der Waals surface area contributed by atoms with E-state index in [1.807, 2.05) is 0 Å². The summed E-state index contributed by atoms with van der Waals surface area (Å²) in [6, 6.07) is 0.592. The Kier molecular flexibility index (Phi) is 4.83. The summed E-state index contributed by atoms with van der Waals surface area (Å²) in [5, 5.41) is 9.52. The molecule has 1 saturated heterocycles. The fourth-order valence-corrected chi connectivity index (χ4v) is 3.46. The SMILES string of the molecule is CCC1CN(C2CCCCC2CO)CC(C)O1. The topological polar surface area (TPSA) is 32.7 Å². The van der Waals surface area contributed by atoms with Gasteiger partial charge in [0.2, 0.25) is 0 Å². The van der Waals surface area contributed by atoms with Gasteiger partial charge in [0.25, 0.3) is 0 Å². The summed E-state index contributed by atoms with van der Waals surface area (Å²) < 4.78 is 5.92. The highest BCUT2D eigenvalue weighted by atomic mass is 16.5. The minimum Gasteiger partial charge on any atom is -0.396 e. The lowest BCUT2D eigenvalue weighted by atomic mass is 9.83. The number of ether oxygens (including phenoxy) is 1. The Balaban J connectivity index is 1.98. The van der Waals surface area contributed by atoms with Crippen LogP contribution in [0.25, 0.3) is 0 Å². The van der Waals surface area contributed by atoms with E-state index < -0.39 is 0 Å². The second-order valence-electron chi connectivity index (χ2n) is 5.73. The van der Waals surface area contributed by atoms with Crippen molar-refractivity contribution in [2.45, 2.75) is 64.2 Å². The molecule has 2 rings (SSSR count). The zero-order valence-electron chi connectivity index (χ0n) is 11.3. The molecule has 0 bridgehead atoms. The number of aliphatic hydroxyl groups excluding tert-OH is 1. The minimum atomic E-state index is 0.343. The van der Waals surface area contributed by atoms with Crippen LogP contribution >= 0.6 is 0 Å². The van der Waals surface area contributed by atoms with Crippen molar-refractivity contribution in [1.82, 2.24) is 4.90 Å². The summed E-state index contributed by atoms with van der Waals surface area (Å²) in [5.74, 6) is 0.492. The maximum absolute atomic E-state index is 9.52. The van der Waals surface area contributed by atoms with Gasteiger partial charge in [0.05, 0.1) is 12.2 Å². The van der Waals surface area contributed by atoms with E-state index in [4.69, 9.17) is 4.74 Å². The van der Waals surface area contributed by atoms with Crippen LogP contribution in [0.2, 0.25) is 0 Å². The van der Waals surface area contributed by atoms with Gasteiger partial charge in [-0.3, -0.25) is 4.90 Å². The molecular weight excluding hydrogens is 214 g/mol. The average molecular weight is 241 g/mol. The largest absolute Gasteiger partial charge is 0.396 e. The van der Waals surface area contributed by atoms with Gasteiger partial charge in [-0.15, -0.1) is 0 Å². The molecule has 1 aliphatic heterocycles. The fourth-order valence-electron chi connectivity index (χ4n) is 3.46. The molecule has 4 atom stereocenters. The van der Waals surface area contributed by atoms with Crippen LogP contribution < -0.4 is 0 Å². The van der Waals surface area contributed by atoms with Gasteiger partial charge in [-0.25, -0.2) is 0 Å². The summed E-state index contributed by atoms with van der Waals surface area (Å²) in [4.78, 5) is 2.59. The highest BCUT2D eigenvalue weighted by Crippen LogP contribution is 2.30. The van der Waals surface area contributed by atoms with E-state index >= 15 is 0 Å². The Bertz CT molecular complexity index is 234. The average Bonchev–Trinajstić information content (AvgIpc) is 2.37. The maximum Gasteiger partial charge on any atom is 0.0703 e. The van der Waals surface area contributed by atoms with Gasteiger partial charge in [0.1, 0.15) is 0 Å². The molecule has 0 amide bonds.